The molecule has 116 valence electrons. The number of ether oxygens (including phenoxy) is 3. The van der Waals surface area contributed by atoms with E-state index in [2.05, 4.69) is 0 Å². The molecule has 0 amide bonds. The van der Waals surface area contributed by atoms with E-state index in [9.17, 15) is 9.59 Å². The van der Waals surface area contributed by atoms with Crippen molar-refractivity contribution in [2.75, 3.05) is 14.2 Å². The summed E-state index contributed by atoms with van der Waals surface area (Å²) < 4.78 is 15.6. The average Bonchev–Trinajstić information content (AvgIpc) is 3.14. The van der Waals surface area contributed by atoms with Crippen LogP contribution in [0.3, 0.4) is 0 Å². The molecule has 2 atom stereocenters. The quantitative estimate of drug-likeness (QED) is 0.798. The first kappa shape index (κ1) is 14.0. The summed E-state index contributed by atoms with van der Waals surface area (Å²) >= 11 is 0. The molecular weight excluding hydrogens is 296 g/mol. The van der Waals surface area contributed by atoms with Crippen LogP contribution in [-0.2, 0) is 23.8 Å². The molecule has 4 rings (SSSR count). The van der Waals surface area contributed by atoms with Gasteiger partial charge in [0.2, 0.25) is 0 Å². The molecule has 2 aliphatic rings. The van der Waals surface area contributed by atoms with E-state index in [0.29, 0.717) is 0 Å². The van der Waals surface area contributed by atoms with Crippen molar-refractivity contribution in [1.82, 2.24) is 0 Å². The third-order valence-corrected chi connectivity index (χ3v) is 4.41. The number of benzene rings is 2. The Kier molecular flexibility index (Phi) is 2.99. The van der Waals surface area contributed by atoms with Gasteiger partial charge in [-0.2, -0.15) is 0 Å². The summed E-state index contributed by atoms with van der Waals surface area (Å²) in [4.78, 5) is 24.3. The third kappa shape index (κ3) is 1.83. The minimum atomic E-state index is -0.582. The summed E-state index contributed by atoms with van der Waals surface area (Å²) in [5.74, 6) is -1.12. The Morgan fingerprint density at radius 2 is 1.30 bits per heavy atom. The first-order valence-corrected chi connectivity index (χ1v) is 7.24. The minimum Gasteiger partial charge on any atom is -0.466 e. The fourth-order valence-corrected chi connectivity index (χ4v) is 3.40. The first-order chi connectivity index (χ1) is 11.2. The third-order valence-electron chi connectivity index (χ3n) is 4.41. The van der Waals surface area contributed by atoms with Gasteiger partial charge in [-0.05, 0) is 34.0 Å². The van der Waals surface area contributed by atoms with Crippen LogP contribution in [0.2, 0.25) is 0 Å². The van der Waals surface area contributed by atoms with Crippen LogP contribution < -0.4 is 0 Å². The van der Waals surface area contributed by atoms with Gasteiger partial charge in [-0.3, -0.25) is 0 Å². The summed E-state index contributed by atoms with van der Waals surface area (Å²) in [6.07, 6.45) is -1.16. The Morgan fingerprint density at radius 1 is 0.870 bits per heavy atom. The summed E-state index contributed by atoms with van der Waals surface area (Å²) in [5, 5.41) is 2.12. The van der Waals surface area contributed by atoms with Gasteiger partial charge in [-0.15, -0.1) is 0 Å². The van der Waals surface area contributed by atoms with Gasteiger partial charge in [-0.25, -0.2) is 9.59 Å². The SMILES string of the molecule is COC(=O)C1=C(C(=O)OC)[C@@H]2O[C@@H]1c1cc3ccccc3cc12. The molecular formula is C18H14O5. The highest BCUT2D eigenvalue weighted by atomic mass is 16.5. The van der Waals surface area contributed by atoms with Crippen LogP contribution in [0.4, 0.5) is 0 Å². The number of carbonyl (C=O) groups excluding carboxylic acids is 2. The van der Waals surface area contributed by atoms with E-state index in [1.165, 1.54) is 14.2 Å². The van der Waals surface area contributed by atoms with E-state index in [1.807, 2.05) is 36.4 Å². The second kappa shape index (κ2) is 4.93. The molecule has 0 fully saturated rings. The average molecular weight is 310 g/mol. The summed E-state index contributed by atoms with van der Waals surface area (Å²) in [6.45, 7) is 0. The predicted molar refractivity (Wildman–Crippen MR) is 81.6 cm³/mol. The maximum atomic E-state index is 12.1. The lowest BCUT2D eigenvalue weighted by atomic mass is 9.84. The van der Waals surface area contributed by atoms with E-state index >= 15 is 0 Å². The number of methoxy groups -OCH3 is 2. The molecule has 0 spiro atoms. The van der Waals surface area contributed by atoms with Crippen molar-refractivity contribution in [3.05, 3.63) is 58.7 Å². The van der Waals surface area contributed by atoms with Gasteiger partial charge in [0.15, 0.2) is 0 Å². The van der Waals surface area contributed by atoms with Gasteiger partial charge in [0.05, 0.1) is 25.4 Å². The maximum Gasteiger partial charge on any atom is 0.337 e. The second-order valence-corrected chi connectivity index (χ2v) is 5.53. The zero-order chi connectivity index (χ0) is 16.1. The highest BCUT2D eigenvalue weighted by Gasteiger charge is 2.50. The fourth-order valence-electron chi connectivity index (χ4n) is 3.40. The number of esters is 2. The summed E-state index contributed by atoms with van der Waals surface area (Å²) in [7, 11) is 2.58. The Morgan fingerprint density at radius 3 is 1.70 bits per heavy atom. The number of hydrogen-bond acceptors (Lipinski definition) is 5. The minimum absolute atomic E-state index is 0.243. The van der Waals surface area contributed by atoms with E-state index in [-0.39, 0.29) is 11.1 Å². The van der Waals surface area contributed by atoms with Crippen LogP contribution in [0.1, 0.15) is 23.3 Å². The van der Waals surface area contributed by atoms with Crippen LogP contribution in [0, 0.1) is 0 Å². The predicted octanol–water partition coefficient (Wildman–Crippen LogP) is 2.61. The molecule has 5 heteroatoms. The van der Waals surface area contributed by atoms with Crippen LogP contribution in [0.25, 0.3) is 10.8 Å². The molecule has 0 N–H and O–H groups in total. The van der Waals surface area contributed by atoms with Crippen LogP contribution in [0.15, 0.2) is 47.5 Å². The van der Waals surface area contributed by atoms with E-state index < -0.39 is 24.1 Å². The lowest BCUT2D eigenvalue weighted by molar-refractivity contribution is -0.139. The summed E-state index contributed by atoms with van der Waals surface area (Å²) in [5.41, 5.74) is 2.29. The van der Waals surface area contributed by atoms with Gasteiger partial charge in [-0.1, -0.05) is 24.3 Å². The van der Waals surface area contributed by atoms with Gasteiger partial charge in [0, 0.05) is 0 Å². The number of hydrogen-bond donors (Lipinski definition) is 0. The smallest absolute Gasteiger partial charge is 0.337 e. The standard InChI is InChI=1S/C18H14O5/c1-21-17(19)13-14(18(20)22-2)16-12-8-10-6-4-3-5-9(10)7-11(12)15(13)23-16/h3-8,15-16H,1-2H3/t15-,16-/m1/s1. The maximum absolute atomic E-state index is 12.1. The molecule has 0 unspecified atom stereocenters. The van der Waals surface area contributed by atoms with Crippen molar-refractivity contribution >= 4 is 22.7 Å². The lowest BCUT2D eigenvalue weighted by Crippen LogP contribution is -2.19. The molecule has 23 heavy (non-hydrogen) atoms. The number of carbonyl (C=O) groups is 2. The number of fused-ring (bicyclic) bond motifs is 6. The molecule has 0 aliphatic carbocycles. The molecule has 0 saturated carbocycles. The van der Waals surface area contributed by atoms with Crippen molar-refractivity contribution in [1.29, 1.82) is 0 Å². The van der Waals surface area contributed by atoms with E-state index in [1.54, 1.807) is 0 Å². The first-order valence-electron chi connectivity index (χ1n) is 7.24. The highest BCUT2D eigenvalue weighted by Crippen LogP contribution is 2.55. The Labute approximate surface area is 132 Å². The van der Waals surface area contributed by atoms with Crippen molar-refractivity contribution < 1.29 is 23.8 Å². The van der Waals surface area contributed by atoms with Crippen LogP contribution >= 0.6 is 0 Å². The highest BCUT2D eigenvalue weighted by molar-refractivity contribution is 6.04. The molecule has 5 nitrogen and oxygen atoms in total. The molecule has 0 aromatic heterocycles. The van der Waals surface area contributed by atoms with Crippen molar-refractivity contribution in [2.24, 2.45) is 0 Å². The Balaban J connectivity index is 1.93. The van der Waals surface area contributed by atoms with Gasteiger partial charge in [0.1, 0.15) is 12.2 Å². The zero-order valence-electron chi connectivity index (χ0n) is 12.7. The Bertz CT molecular complexity index is 810. The molecule has 2 aromatic rings. The van der Waals surface area contributed by atoms with Crippen LogP contribution in [0.5, 0.6) is 0 Å². The van der Waals surface area contributed by atoms with Crippen molar-refractivity contribution in [2.45, 2.75) is 12.2 Å². The monoisotopic (exact) mass is 310 g/mol. The van der Waals surface area contributed by atoms with Crippen LogP contribution in [-0.4, -0.2) is 26.2 Å². The topological polar surface area (TPSA) is 61.8 Å². The second-order valence-electron chi connectivity index (χ2n) is 5.53. The largest absolute Gasteiger partial charge is 0.466 e. The summed E-state index contributed by atoms with van der Waals surface area (Å²) in [6, 6.07) is 11.9. The van der Waals surface area contributed by atoms with Gasteiger partial charge < -0.3 is 14.2 Å². The zero-order valence-corrected chi connectivity index (χ0v) is 12.7. The van der Waals surface area contributed by atoms with Gasteiger partial charge >= 0.3 is 11.9 Å². The lowest BCUT2D eigenvalue weighted by Gasteiger charge is -2.17. The molecule has 0 saturated heterocycles. The molecule has 2 bridgehead atoms. The van der Waals surface area contributed by atoms with Gasteiger partial charge in [0.25, 0.3) is 0 Å². The molecule has 2 heterocycles. The van der Waals surface area contributed by atoms with E-state index in [0.717, 1.165) is 21.9 Å². The van der Waals surface area contributed by atoms with E-state index in [4.69, 9.17) is 14.2 Å². The molecule has 2 aliphatic heterocycles. The fraction of sp³-hybridized carbons (Fsp3) is 0.222. The molecule has 0 radical (unpaired) electrons. The van der Waals surface area contributed by atoms with Crippen molar-refractivity contribution in [3.8, 4) is 0 Å². The normalized spacial score (nSPS) is 21.5. The number of rotatable bonds is 2. The van der Waals surface area contributed by atoms with Crippen molar-refractivity contribution in [3.63, 3.8) is 0 Å². The molecule has 2 aromatic carbocycles. The Hall–Kier alpha value is -2.66.